The number of rotatable bonds is 5. The van der Waals surface area contributed by atoms with Gasteiger partial charge in [-0.2, -0.15) is 0 Å². The van der Waals surface area contributed by atoms with E-state index in [1.807, 2.05) is 95.6 Å². The molecule has 0 aliphatic rings. The van der Waals surface area contributed by atoms with Crippen molar-refractivity contribution >= 4 is 45.5 Å². The summed E-state index contributed by atoms with van der Waals surface area (Å²) in [7, 11) is 0. The van der Waals surface area contributed by atoms with Gasteiger partial charge in [0, 0.05) is 40.4 Å². The van der Waals surface area contributed by atoms with Crippen LogP contribution in [0.3, 0.4) is 0 Å². The van der Waals surface area contributed by atoms with Crippen LogP contribution in [0.25, 0.3) is 16.6 Å². The maximum atomic E-state index is 13.0. The van der Waals surface area contributed by atoms with Gasteiger partial charge in [0.2, 0.25) is 0 Å². The Bertz CT molecular complexity index is 1450. The van der Waals surface area contributed by atoms with Crippen molar-refractivity contribution in [1.29, 1.82) is 0 Å². The van der Waals surface area contributed by atoms with Gasteiger partial charge in [0.1, 0.15) is 11.6 Å². The number of pyridine rings is 2. The van der Waals surface area contributed by atoms with Gasteiger partial charge in [-0.3, -0.25) is 9.36 Å². The molecular formula is C26H19ClN4O. The Labute approximate surface area is 189 Å². The van der Waals surface area contributed by atoms with Gasteiger partial charge in [-0.15, -0.1) is 0 Å². The SMILES string of the molecule is O=c1cc(Nc2ccccc2)n(-c2ccccc2)c2cc(Nc3cccc(Cl)c3)ncc12. The molecule has 0 saturated heterocycles. The lowest BCUT2D eigenvalue weighted by molar-refractivity contribution is 1.10. The van der Waals surface area contributed by atoms with Gasteiger partial charge < -0.3 is 10.6 Å². The van der Waals surface area contributed by atoms with Crippen LogP contribution in [0, 0.1) is 0 Å². The lowest BCUT2D eigenvalue weighted by Crippen LogP contribution is -2.13. The Hall–Kier alpha value is -4.09. The van der Waals surface area contributed by atoms with E-state index in [1.54, 1.807) is 12.3 Å². The molecule has 2 heterocycles. The Morgan fingerprint density at radius 3 is 2.22 bits per heavy atom. The number of anilines is 4. The van der Waals surface area contributed by atoms with Gasteiger partial charge in [-0.25, -0.2) is 4.98 Å². The normalized spacial score (nSPS) is 10.8. The summed E-state index contributed by atoms with van der Waals surface area (Å²) >= 11 is 6.12. The lowest BCUT2D eigenvalue weighted by Gasteiger charge is -2.19. The molecule has 0 aliphatic heterocycles. The summed E-state index contributed by atoms with van der Waals surface area (Å²) in [5, 5.41) is 7.82. The number of nitrogens with one attached hydrogen (secondary N) is 2. The molecule has 0 amide bonds. The minimum Gasteiger partial charge on any atom is -0.341 e. The molecule has 0 spiro atoms. The van der Waals surface area contributed by atoms with Crippen LogP contribution in [-0.2, 0) is 0 Å². The molecule has 0 bridgehead atoms. The largest absolute Gasteiger partial charge is 0.341 e. The van der Waals surface area contributed by atoms with Crippen molar-refractivity contribution < 1.29 is 0 Å². The van der Waals surface area contributed by atoms with Gasteiger partial charge in [0.05, 0.1) is 10.9 Å². The highest BCUT2D eigenvalue weighted by Gasteiger charge is 2.13. The third-order valence-corrected chi connectivity index (χ3v) is 5.29. The molecule has 32 heavy (non-hydrogen) atoms. The zero-order chi connectivity index (χ0) is 21.9. The Kier molecular flexibility index (Phi) is 5.32. The molecular weight excluding hydrogens is 420 g/mol. The molecule has 6 heteroatoms. The van der Waals surface area contributed by atoms with Crippen molar-refractivity contribution in [2.75, 3.05) is 10.6 Å². The van der Waals surface area contributed by atoms with Crippen LogP contribution < -0.4 is 16.1 Å². The summed E-state index contributed by atoms with van der Waals surface area (Å²) in [5.74, 6) is 1.28. The van der Waals surface area contributed by atoms with Crippen LogP contribution in [0.4, 0.5) is 23.0 Å². The summed E-state index contributed by atoms with van der Waals surface area (Å²) in [6.07, 6.45) is 1.61. The van der Waals surface area contributed by atoms with E-state index in [4.69, 9.17) is 11.6 Å². The van der Waals surface area contributed by atoms with Crippen LogP contribution >= 0.6 is 11.6 Å². The molecule has 0 unspecified atom stereocenters. The molecule has 2 N–H and O–H groups in total. The van der Waals surface area contributed by atoms with Crippen LogP contribution in [-0.4, -0.2) is 9.55 Å². The molecule has 156 valence electrons. The fourth-order valence-corrected chi connectivity index (χ4v) is 3.81. The summed E-state index contributed by atoms with van der Waals surface area (Å²) in [5.41, 5.74) is 3.27. The number of halogens is 1. The number of benzene rings is 3. The van der Waals surface area contributed by atoms with E-state index in [0.717, 1.165) is 22.6 Å². The maximum absolute atomic E-state index is 13.0. The summed E-state index contributed by atoms with van der Waals surface area (Å²) in [6.45, 7) is 0. The van der Waals surface area contributed by atoms with Crippen molar-refractivity contribution in [3.63, 3.8) is 0 Å². The molecule has 0 aliphatic carbocycles. The number of nitrogens with zero attached hydrogens (tertiary/aromatic N) is 2. The first-order chi connectivity index (χ1) is 15.7. The van der Waals surface area contributed by atoms with Crippen LogP contribution in [0.2, 0.25) is 5.02 Å². The lowest BCUT2D eigenvalue weighted by atomic mass is 10.2. The molecule has 0 radical (unpaired) electrons. The average Bonchev–Trinajstić information content (AvgIpc) is 2.80. The summed E-state index contributed by atoms with van der Waals surface area (Å²) in [6, 6.07) is 30.6. The van der Waals surface area contributed by atoms with Crippen molar-refractivity contribution in [3.8, 4) is 5.69 Å². The van der Waals surface area contributed by atoms with Gasteiger partial charge in [-0.05, 0) is 42.5 Å². The number of para-hydroxylation sites is 2. The molecule has 0 fully saturated rings. The molecule has 5 rings (SSSR count). The first-order valence-corrected chi connectivity index (χ1v) is 10.5. The minimum absolute atomic E-state index is 0.104. The standard InChI is InChI=1S/C26H19ClN4O/c27-18-8-7-11-20(14-18)29-25-15-23-22(17-28-25)24(32)16-26(30-19-9-3-1-4-10-19)31(23)21-12-5-2-6-13-21/h1-17,30H,(H,28,29). The zero-order valence-electron chi connectivity index (χ0n) is 17.0. The predicted octanol–water partition coefficient (Wildman–Crippen LogP) is 6.53. The summed E-state index contributed by atoms with van der Waals surface area (Å²) < 4.78 is 2.02. The smallest absolute Gasteiger partial charge is 0.193 e. The van der Waals surface area contributed by atoms with Crippen molar-refractivity contribution in [2.45, 2.75) is 0 Å². The van der Waals surface area contributed by atoms with Crippen molar-refractivity contribution in [1.82, 2.24) is 9.55 Å². The highest BCUT2D eigenvalue weighted by molar-refractivity contribution is 6.30. The Balaban J connectivity index is 1.70. The second kappa shape index (κ2) is 8.57. The number of hydrogen-bond donors (Lipinski definition) is 2. The third kappa shape index (κ3) is 4.06. The molecule has 2 aromatic heterocycles. The Morgan fingerprint density at radius 1 is 0.750 bits per heavy atom. The molecule has 0 atom stereocenters. The maximum Gasteiger partial charge on any atom is 0.193 e. The van der Waals surface area contributed by atoms with E-state index < -0.39 is 0 Å². The van der Waals surface area contributed by atoms with Gasteiger partial charge in [0.15, 0.2) is 5.43 Å². The monoisotopic (exact) mass is 438 g/mol. The molecule has 0 saturated carbocycles. The number of hydrogen-bond acceptors (Lipinski definition) is 4. The summed E-state index contributed by atoms with van der Waals surface area (Å²) in [4.78, 5) is 17.4. The number of fused-ring (bicyclic) bond motifs is 1. The molecule has 5 aromatic rings. The van der Waals surface area contributed by atoms with Gasteiger partial charge >= 0.3 is 0 Å². The zero-order valence-corrected chi connectivity index (χ0v) is 17.8. The molecule has 3 aromatic carbocycles. The first kappa shape index (κ1) is 19.8. The van der Waals surface area contributed by atoms with E-state index in [0.29, 0.717) is 22.0 Å². The van der Waals surface area contributed by atoms with E-state index in [2.05, 4.69) is 15.6 Å². The predicted molar refractivity (Wildman–Crippen MR) is 132 cm³/mol. The van der Waals surface area contributed by atoms with E-state index in [-0.39, 0.29) is 5.43 Å². The fraction of sp³-hybridized carbons (Fsp3) is 0. The van der Waals surface area contributed by atoms with Gasteiger partial charge in [0.25, 0.3) is 0 Å². The van der Waals surface area contributed by atoms with E-state index in [9.17, 15) is 4.79 Å². The highest BCUT2D eigenvalue weighted by atomic mass is 35.5. The van der Waals surface area contributed by atoms with Crippen molar-refractivity contribution in [3.05, 3.63) is 119 Å². The van der Waals surface area contributed by atoms with Crippen LogP contribution in [0.5, 0.6) is 0 Å². The fourth-order valence-electron chi connectivity index (χ4n) is 3.61. The van der Waals surface area contributed by atoms with Crippen molar-refractivity contribution in [2.24, 2.45) is 0 Å². The average molecular weight is 439 g/mol. The van der Waals surface area contributed by atoms with Crippen LogP contribution in [0.1, 0.15) is 0 Å². The number of aromatic nitrogens is 2. The van der Waals surface area contributed by atoms with Gasteiger partial charge in [-0.1, -0.05) is 54.1 Å². The molecule has 5 nitrogen and oxygen atoms in total. The quantitative estimate of drug-likeness (QED) is 0.327. The topological polar surface area (TPSA) is 59.0 Å². The minimum atomic E-state index is -0.104. The first-order valence-electron chi connectivity index (χ1n) is 10.1. The second-order valence-electron chi connectivity index (χ2n) is 7.28. The van der Waals surface area contributed by atoms with Crippen LogP contribution in [0.15, 0.2) is 108 Å². The second-order valence-corrected chi connectivity index (χ2v) is 7.71. The van der Waals surface area contributed by atoms with E-state index in [1.165, 1.54) is 0 Å². The Morgan fingerprint density at radius 2 is 1.47 bits per heavy atom. The highest BCUT2D eigenvalue weighted by Crippen LogP contribution is 2.27. The third-order valence-electron chi connectivity index (χ3n) is 5.05. The van der Waals surface area contributed by atoms with E-state index >= 15 is 0 Å².